The van der Waals surface area contributed by atoms with E-state index in [2.05, 4.69) is 53.2 Å². The van der Waals surface area contributed by atoms with Gasteiger partial charge < -0.3 is 23.8 Å². The van der Waals surface area contributed by atoms with Gasteiger partial charge in [0.05, 0.1) is 57.1 Å². The van der Waals surface area contributed by atoms with Crippen LogP contribution in [0.2, 0.25) is 5.02 Å². The maximum atomic E-state index is 14.9. The number of carbonyl (C=O) groups is 2. The fourth-order valence-corrected chi connectivity index (χ4v) is 12.5. The lowest BCUT2D eigenvalue weighted by atomic mass is 9.68. The number of amides is 2. The first-order valence-corrected chi connectivity index (χ1v) is 24.4. The third kappa shape index (κ3) is 9.16. The molecule has 0 radical (unpaired) electrons. The quantitative estimate of drug-likeness (QED) is 0.286. The summed E-state index contributed by atoms with van der Waals surface area (Å²) in [5.74, 6) is -0.170. The summed E-state index contributed by atoms with van der Waals surface area (Å²) in [6.07, 6.45) is 11.4. The number of aromatic nitrogens is 2. The molecular weight excluding hydrogens is 830 g/mol. The van der Waals surface area contributed by atoms with Crippen LogP contribution >= 0.6 is 11.6 Å². The first-order valence-electron chi connectivity index (χ1n) is 22.3. The highest BCUT2D eigenvalue weighted by molar-refractivity contribution is 7.92. The number of hydrogen-bond donors (Lipinski definition) is 1. The zero-order valence-electron chi connectivity index (χ0n) is 36.1. The Morgan fingerprint density at radius 3 is 2.71 bits per heavy atom. The number of anilines is 1. The Morgan fingerprint density at radius 2 is 1.95 bits per heavy atom. The summed E-state index contributed by atoms with van der Waals surface area (Å²) in [5, 5.41) is 4.93. The number of nitrogens with one attached hydrogen (secondary N) is 1. The topological polar surface area (TPSA) is 140 Å². The van der Waals surface area contributed by atoms with Crippen molar-refractivity contribution in [3.05, 3.63) is 82.0 Å². The average molecular weight is 891 g/mol. The molecule has 5 heterocycles. The molecule has 6 atom stereocenters. The molecule has 334 valence electrons. The largest absolute Gasteiger partial charge is 0.490 e. The van der Waals surface area contributed by atoms with Crippen molar-refractivity contribution in [2.75, 3.05) is 90.0 Å². The second-order valence-corrected chi connectivity index (χ2v) is 20.8. The van der Waals surface area contributed by atoms with Crippen molar-refractivity contribution in [1.29, 1.82) is 0 Å². The van der Waals surface area contributed by atoms with Crippen LogP contribution in [0.4, 0.5) is 5.69 Å². The molecular formula is C46H60ClN7O7S. The van der Waals surface area contributed by atoms with Gasteiger partial charge >= 0.3 is 0 Å². The van der Waals surface area contributed by atoms with E-state index < -0.39 is 21.7 Å². The molecule has 1 unspecified atom stereocenters. The molecule has 3 fully saturated rings. The van der Waals surface area contributed by atoms with Crippen LogP contribution in [-0.4, -0.2) is 133 Å². The number of rotatable bonds is 8. The summed E-state index contributed by atoms with van der Waals surface area (Å²) in [7, 11) is -0.556. The minimum absolute atomic E-state index is 0.0416. The summed E-state index contributed by atoms with van der Waals surface area (Å²) in [4.78, 5) is 35.4. The lowest BCUT2D eigenvalue weighted by Crippen LogP contribution is -2.56. The number of methoxy groups -OCH3 is 1. The van der Waals surface area contributed by atoms with Crippen molar-refractivity contribution < 1.29 is 32.7 Å². The van der Waals surface area contributed by atoms with E-state index >= 15 is 0 Å². The zero-order valence-corrected chi connectivity index (χ0v) is 37.7. The van der Waals surface area contributed by atoms with Crippen molar-refractivity contribution in [3.8, 4) is 11.6 Å². The highest BCUT2D eigenvalue weighted by Gasteiger charge is 2.45. The van der Waals surface area contributed by atoms with Gasteiger partial charge in [0.1, 0.15) is 21.2 Å². The van der Waals surface area contributed by atoms with E-state index in [9.17, 15) is 13.8 Å². The molecule has 1 spiro atoms. The van der Waals surface area contributed by atoms with E-state index in [1.165, 1.54) is 29.1 Å². The predicted molar refractivity (Wildman–Crippen MR) is 239 cm³/mol. The Kier molecular flexibility index (Phi) is 12.7. The summed E-state index contributed by atoms with van der Waals surface area (Å²) in [6, 6.07) is 12.2. The molecule has 4 aliphatic heterocycles. The van der Waals surface area contributed by atoms with E-state index in [0.717, 1.165) is 95.3 Å². The first kappa shape index (κ1) is 43.3. The second kappa shape index (κ2) is 18.2. The van der Waals surface area contributed by atoms with E-state index in [4.69, 9.17) is 30.5 Å². The fraction of sp³-hybridized carbons (Fsp3) is 0.587. The Bertz CT molecular complexity index is 2300. The number of aryl methyl sites for hydroxylation is 2. The molecule has 1 aromatic heterocycles. The van der Waals surface area contributed by atoms with E-state index in [1.54, 1.807) is 13.1 Å². The molecule has 1 saturated carbocycles. The Balaban J connectivity index is 1.04. The average Bonchev–Trinajstić information content (AvgIpc) is 3.54. The van der Waals surface area contributed by atoms with Crippen molar-refractivity contribution in [2.24, 2.45) is 29.2 Å². The second-order valence-electron chi connectivity index (χ2n) is 18.3. The van der Waals surface area contributed by atoms with E-state index in [-0.39, 0.29) is 40.2 Å². The normalized spacial score (nSPS) is 30.1. The van der Waals surface area contributed by atoms with Gasteiger partial charge in [0.2, 0.25) is 5.88 Å². The van der Waals surface area contributed by atoms with Gasteiger partial charge in [-0.25, -0.2) is 4.21 Å². The van der Waals surface area contributed by atoms with Gasteiger partial charge in [-0.15, -0.1) is 9.46 Å². The third-order valence-corrected chi connectivity index (χ3v) is 16.2. The van der Waals surface area contributed by atoms with Gasteiger partial charge in [0, 0.05) is 75.1 Å². The fourth-order valence-electron chi connectivity index (χ4n) is 10.4. The molecule has 6 aliphatic rings. The van der Waals surface area contributed by atoms with Crippen LogP contribution in [0.5, 0.6) is 11.6 Å². The van der Waals surface area contributed by atoms with Crippen LogP contribution in [0.1, 0.15) is 70.9 Å². The van der Waals surface area contributed by atoms with E-state index in [1.807, 2.05) is 25.1 Å². The van der Waals surface area contributed by atoms with Crippen molar-refractivity contribution in [1.82, 2.24) is 24.3 Å². The van der Waals surface area contributed by atoms with Gasteiger partial charge in [-0.3, -0.25) is 28.8 Å². The first-order chi connectivity index (χ1) is 30.0. The SMILES string of the molecule is COc1nn(C)cc1C(=O)NS1(=O)=NC(=O)c2ccc3c(c2)N(C[C@@H]2CC[C@H]2[C@@H](OCCN2CCN(C4COC4)CC2)/C=C\C[C@H](C)C1)C[C@@]1(CCCc2cc(Cl)ccc21)CO3. The number of benzene rings is 2. The standard InChI is InChI=1S/C46H60ClN7O7S/c1-31-6-4-8-41(60-21-20-52-16-18-53(19-17-52)36-26-59-27-36)37-12-9-34(37)24-54-29-46(15-5-7-32-22-35(47)11-13-39(32)46)30-61-42-14-10-33(23-40(42)54)43(55)49-62(57,28-31)50-44(56)38-25-51(2)48-45(38)58-3/h4,8,10-11,13-14,22-23,25,31,34,36-37,41H,5-7,9,12,15-21,24,26-30H2,1-3H3,(H,49,50,55,56,57)/b8-4-/t31-,34-,37+,41-,46-,62?/m0/s1. The molecule has 2 aliphatic carbocycles. The molecule has 14 nitrogen and oxygen atoms in total. The van der Waals surface area contributed by atoms with Crippen LogP contribution < -0.4 is 19.1 Å². The molecule has 2 bridgehead atoms. The summed E-state index contributed by atoms with van der Waals surface area (Å²) in [6.45, 7) is 11.3. The third-order valence-electron chi connectivity index (χ3n) is 14.0. The number of piperazine rings is 1. The number of allylic oxidation sites excluding steroid dienone is 1. The molecule has 2 saturated heterocycles. The van der Waals surface area contributed by atoms with Crippen molar-refractivity contribution in [3.63, 3.8) is 0 Å². The van der Waals surface area contributed by atoms with E-state index in [0.29, 0.717) is 49.8 Å². The van der Waals surface area contributed by atoms with Gasteiger partial charge in [0.25, 0.3) is 11.8 Å². The van der Waals surface area contributed by atoms with Crippen molar-refractivity contribution in [2.45, 2.75) is 63.0 Å². The molecule has 3 aromatic rings. The lowest BCUT2D eigenvalue weighted by molar-refractivity contribution is -0.0797. The van der Waals surface area contributed by atoms with Crippen LogP contribution in [0.25, 0.3) is 0 Å². The van der Waals surface area contributed by atoms with Gasteiger partial charge in [-0.05, 0) is 97.7 Å². The lowest BCUT2D eigenvalue weighted by Gasteiger charge is -2.46. The number of fused-ring (bicyclic) bond motifs is 4. The van der Waals surface area contributed by atoms with Gasteiger partial charge in [-0.1, -0.05) is 36.7 Å². The number of carbonyl (C=O) groups excluding carboxylic acids is 2. The highest BCUT2D eigenvalue weighted by Crippen LogP contribution is 2.47. The van der Waals surface area contributed by atoms with Gasteiger partial charge in [-0.2, -0.15) is 0 Å². The highest BCUT2D eigenvalue weighted by atomic mass is 35.5. The number of ether oxygens (including phenoxy) is 4. The Morgan fingerprint density at radius 1 is 1.11 bits per heavy atom. The predicted octanol–water partition coefficient (Wildman–Crippen LogP) is 5.53. The van der Waals surface area contributed by atoms with Crippen LogP contribution in [0.3, 0.4) is 0 Å². The summed E-state index contributed by atoms with van der Waals surface area (Å²) in [5.41, 5.74) is 3.42. The summed E-state index contributed by atoms with van der Waals surface area (Å²) >= 11 is 6.54. The van der Waals surface area contributed by atoms with Crippen molar-refractivity contribution >= 4 is 39.0 Å². The maximum absolute atomic E-state index is 14.9. The summed E-state index contributed by atoms with van der Waals surface area (Å²) < 4.78 is 47.7. The molecule has 16 heteroatoms. The molecule has 1 N–H and O–H groups in total. The molecule has 2 amide bonds. The monoisotopic (exact) mass is 889 g/mol. The maximum Gasteiger partial charge on any atom is 0.286 e. The molecule has 62 heavy (non-hydrogen) atoms. The van der Waals surface area contributed by atoms with Crippen LogP contribution in [0.15, 0.2) is 59.1 Å². The van der Waals surface area contributed by atoms with Gasteiger partial charge in [0.15, 0.2) is 0 Å². The minimum atomic E-state index is -3.64. The Labute approximate surface area is 370 Å². The molecule has 9 rings (SSSR count). The minimum Gasteiger partial charge on any atom is -0.490 e. The number of halogens is 1. The Hall–Kier alpha value is -3.99. The van der Waals surface area contributed by atoms with Crippen LogP contribution in [-0.2, 0) is 38.3 Å². The smallest absolute Gasteiger partial charge is 0.286 e. The zero-order chi connectivity index (χ0) is 43.0. The molecule has 2 aromatic carbocycles. The van der Waals surface area contributed by atoms with Crippen LogP contribution in [0, 0.1) is 17.8 Å². The number of nitrogens with zero attached hydrogens (tertiary/aromatic N) is 6. The number of hydrogen-bond acceptors (Lipinski definition) is 11.